The van der Waals surface area contributed by atoms with Crippen molar-refractivity contribution in [3.63, 3.8) is 0 Å². The van der Waals surface area contributed by atoms with Crippen LogP contribution in [0.3, 0.4) is 0 Å². The van der Waals surface area contributed by atoms with Crippen molar-refractivity contribution >= 4 is 34.7 Å². The monoisotopic (exact) mass is 476 g/mol. The Bertz CT molecular complexity index is 1040. The van der Waals surface area contributed by atoms with Gasteiger partial charge >= 0.3 is 0 Å². The first-order valence-electron chi connectivity index (χ1n) is 10.4. The highest BCUT2D eigenvalue weighted by molar-refractivity contribution is 7.80. The number of nitrogens with one attached hydrogen (secondary N) is 2. The van der Waals surface area contributed by atoms with E-state index in [1.165, 1.54) is 12.1 Å². The van der Waals surface area contributed by atoms with Crippen LogP contribution in [0, 0.1) is 5.82 Å². The second kappa shape index (κ2) is 11.7. The van der Waals surface area contributed by atoms with E-state index in [0.717, 1.165) is 29.0 Å². The number of rotatable bonds is 10. The fourth-order valence-corrected chi connectivity index (χ4v) is 3.46. The summed E-state index contributed by atoms with van der Waals surface area (Å²) in [6.45, 7) is 6.15. The highest BCUT2D eigenvalue weighted by Gasteiger charge is 2.10. The normalized spacial score (nSPS) is 10.6. The van der Waals surface area contributed by atoms with Crippen LogP contribution in [0.1, 0.15) is 25.0 Å². The van der Waals surface area contributed by atoms with E-state index in [9.17, 15) is 4.39 Å². The van der Waals surface area contributed by atoms with Gasteiger partial charge in [-0.1, -0.05) is 29.8 Å². The number of ether oxygens (including phenoxy) is 2. The average Bonchev–Trinajstić information content (AvgIpc) is 3.10. The van der Waals surface area contributed by atoms with E-state index in [0.29, 0.717) is 42.3 Å². The van der Waals surface area contributed by atoms with Gasteiger partial charge in [-0.15, -0.1) is 0 Å². The standard InChI is InChI=1S/C23H26ClFN4O2S/c1-3-30-20-10-7-16(13-21(20)31-4-2)11-12-26-23(32)27-22-19(24)15-29(28-22)14-17-5-8-18(25)9-6-17/h5-10,13,15H,3-4,11-12,14H2,1-2H3,(H2,26,27,28,32). The summed E-state index contributed by atoms with van der Waals surface area (Å²) in [7, 11) is 0. The Balaban J connectivity index is 1.51. The molecular weight excluding hydrogens is 451 g/mol. The minimum Gasteiger partial charge on any atom is -0.490 e. The molecule has 6 nitrogen and oxygen atoms in total. The van der Waals surface area contributed by atoms with Gasteiger partial charge in [-0.3, -0.25) is 4.68 Å². The van der Waals surface area contributed by atoms with Crippen molar-refractivity contribution < 1.29 is 13.9 Å². The SMILES string of the molecule is CCOc1ccc(CCNC(=S)Nc2nn(Cc3ccc(F)cc3)cc2Cl)cc1OCC. The van der Waals surface area contributed by atoms with Gasteiger partial charge < -0.3 is 20.1 Å². The number of hydrogen-bond acceptors (Lipinski definition) is 4. The lowest BCUT2D eigenvalue weighted by atomic mass is 10.1. The van der Waals surface area contributed by atoms with Crippen LogP contribution in [0.5, 0.6) is 11.5 Å². The van der Waals surface area contributed by atoms with Crippen molar-refractivity contribution in [1.29, 1.82) is 0 Å². The van der Waals surface area contributed by atoms with E-state index < -0.39 is 0 Å². The van der Waals surface area contributed by atoms with Crippen LogP contribution in [-0.2, 0) is 13.0 Å². The average molecular weight is 477 g/mol. The maximum Gasteiger partial charge on any atom is 0.173 e. The van der Waals surface area contributed by atoms with Gasteiger partial charge in [-0.25, -0.2) is 4.39 Å². The molecule has 0 saturated heterocycles. The molecule has 0 spiro atoms. The van der Waals surface area contributed by atoms with E-state index >= 15 is 0 Å². The number of nitrogens with zero attached hydrogens (tertiary/aromatic N) is 2. The van der Waals surface area contributed by atoms with Crippen LogP contribution >= 0.6 is 23.8 Å². The largest absolute Gasteiger partial charge is 0.490 e. The van der Waals surface area contributed by atoms with Crippen LogP contribution in [0.25, 0.3) is 0 Å². The maximum atomic E-state index is 13.1. The smallest absolute Gasteiger partial charge is 0.173 e. The van der Waals surface area contributed by atoms with Crippen molar-refractivity contribution in [2.45, 2.75) is 26.8 Å². The molecule has 9 heteroatoms. The van der Waals surface area contributed by atoms with Crippen LogP contribution in [0.15, 0.2) is 48.7 Å². The number of thiocarbonyl (C=S) groups is 1. The summed E-state index contributed by atoms with van der Waals surface area (Å²) in [6.07, 6.45) is 2.45. The van der Waals surface area contributed by atoms with Crippen LogP contribution < -0.4 is 20.1 Å². The second-order valence-corrected chi connectivity index (χ2v) is 7.74. The molecule has 1 heterocycles. The van der Waals surface area contributed by atoms with Crippen LogP contribution in [0.4, 0.5) is 10.2 Å². The molecular formula is C23H26ClFN4O2S. The van der Waals surface area contributed by atoms with Crippen molar-refractivity contribution in [2.75, 3.05) is 25.1 Å². The van der Waals surface area contributed by atoms with E-state index in [1.54, 1.807) is 23.0 Å². The molecule has 0 aliphatic rings. The van der Waals surface area contributed by atoms with Gasteiger partial charge in [0.1, 0.15) is 10.8 Å². The quantitative estimate of drug-likeness (QED) is 0.399. The van der Waals surface area contributed by atoms with Crippen LogP contribution in [0.2, 0.25) is 5.02 Å². The van der Waals surface area contributed by atoms with E-state index in [2.05, 4.69) is 15.7 Å². The van der Waals surface area contributed by atoms with E-state index in [4.69, 9.17) is 33.3 Å². The summed E-state index contributed by atoms with van der Waals surface area (Å²) in [5, 5.41) is 11.5. The fraction of sp³-hybridized carbons (Fsp3) is 0.304. The molecule has 1 aromatic heterocycles. The molecule has 2 N–H and O–H groups in total. The van der Waals surface area contributed by atoms with Gasteiger partial charge in [0.2, 0.25) is 0 Å². The maximum absolute atomic E-state index is 13.1. The molecule has 3 aromatic rings. The Kier molecular flexibility index (Phi) is 8.70. The first kappa shape index (κ1) is 23.8. The summed E-state index contributed by atoms with van der Waals surface area (Å²) >= 11 is 11.6. The third kappa shape index (κ3) is 6.83. The van der Waals surface area contributed by atoms with Crippen molar-refractivity contribution in [3.8, 4) is 11.5 Å². The minimum atomic E-state index is -0.273. The molecule has 0 fully saturated rings. The molecule has 0 atom stereocenters. The summed E-state index contributed by atoms with van der Waals surface area (Å²) in [5.41, 5.74) is 2.02. The summed E-state index contributed by atoms with van der Waals surface area (Å²) in [5.74, 6) is 1.68. The third-order valence-corrected chi connectivity index (χ3v) is 5.04. The number of benzene rings is 2. The van der Waals surface area contributed by atoms with Gasteiger partial charge in [0, 0.05) is 12.7 Å². The van der Waals surface area contributed by atoms with Gasteiger partial charge in [-0.2, -0.15) is 5.10 Å². The zero-order valence-electron chi connectivity index (χ0n) is 18.0. The van der Waals surface area contributed by atoms with E-state index in [1.807, 2.05) is 32.0 Å². The molecule has 170 valence electrons. The fourth-order valence-electron chi connectivity index (χ4n) is 3.06. The predicted octanol–water partition coefficient (Wildman–Crippen LogP) is 5.05. The third-order valence-electron chi connectivity index (χ3n) is 4.51. The number of hydrogen-bond donors (Lipinski definition) is 2. The molecule has 3 rings (SSSR count). The first-order valence-corrected chi connectivity index (χ1v) is 11.2. The zero-order valence-corrected chi connectivity index (χ0v) is 19.6. The Hall–Kier alpha value is -2.84. The van der Waals surface area contributed by atoms with Gasteiger partial charge in [0.05, 0.1) is 19.8 Å². The number of halogens is 2. The summed E-state index contributed by atoms with van der Waals surface area (Å²) in [6, 6.07) is 12.2. The van der Waals surface area contributed by atoms with Gasteiger partial charge in [0.25, 0.3) is 0 Å². The molecule has 0 amide bonds. The van der Waals surface area contributed by atoms with E-state index in [-0.39, 0.29) is 5.82 Å². The number of aromatic nitrogens is 2. The summed E-state index contributed by atoms with van der Waals surface area (Å²) < 4.78 is 26.0. The van der Waals surface area contributed by atoms with Crippen molar-refractivity contribution in [1.82, 2.24) is 15.1 Å². The topological polar surface area (TPSA) is 60.3 Å². The predicted molar refractivity (Wildman–Crippen MR) is 129 cm³/mol. The molecule has 0 unspecified atom stereocenters. The lowest BCUT2D eigenvalue weighted by Crippen LogP contribution is -2.30. The molecule has 0 bridgehead atoms. The first-order chi connectivity index (χ1) is 15.5. The molecule has 0 saturated carbocycles. The highest BCUT2D eigenvalue weighted by atomic mass is 35.5. The number of anilines is 1. The minimum absolute atomic E-state index is 0.273. The van der Waals surface area contributed by atoms with Gasteiger partial charge in [0.15, 0.2) is 22.4 Å². The lowest BCUT2D eigenvalue weighted by Gasteiger charge is -2.13. The molecule has 0 radical (unpaired) electrons. The lowest BCUT2D eigenvalue weighted by molar-refractivity contribution is 0.287. The molecule has 2 aromatic carbocycles. The zero-order chi connectivity index (χ0) is 22.9. The Morgan fingerprint density at radius 2 is 1.75 bits per heavy atom. The Morgan fingerprint density at radius 1 is 1.06 bits per heavy atom. The van der Waals surface area contributed by atoms with Crippen molar-refractivity contribution in [3.05, 3.63) is 70.6 Å². The Labute approximate surface area is 197 Å². The van der Waals surface area contributed by atoms with Gasteiger partial charge in [-0.05, 0) is 67.9 Å². The Morgan fingerprint density at radius 3 is 2.47 bits per heavy atom. The molecule has 32 heavy (non-hydrogen) atoms. The highest BCUT2D eigenvalue weighted by Crippen LogP contribution is 2.28. The van der Waals surface area contributed by atoms with Crippen LogP contribution in [-0.4, -0.2) is 34.7 Å². The second-order valence-electron chi connectivity index (χ2n) is 6.93. The molecule has 0 aliphatic heterocycles. The molecule has 0 aliphatic carbocycles. The summed E-state index contributed by atoms with van der Waals surface area (Å²) in [4.78, 5) is 0. The van der Waals surface area contributed by atoms with Crippen molar-refractivity contribution in [2.24, 2.45) is 0 Å².